The summed E-state index contributed by atoms with van der Waals surface area (Å²) >= 11 is 0. The number of fused-ring (bicyclic) bond motifs is 1. The average molecular weight is 204 g/mol. The molecule has 0 saturated heterocycles. The van der Waals surface area contributed by atoms with Gasteiger partial charge in [-0.25, -0.2) is 0 Å². The fourth-order valence-electron chi connectivity index (χ4n) is 1.51. The molecule has 0 heterocycles. The van der Waals surface area contributed by atoms with E-state index in [1.54, 1.807) is 11.1 Å². The topological polar surface area (TPSA) is 88.0 Å². The van der Waals surface area contributed by atoms with Crippen molar-refractivity contribution in [3.63, 3.8) is 0 Å². The van der Waals surface area contributed by atoms with Crippen molar-refractivity contribution >= 4 is 0 Å². The third kappa shape index (κ3) is 5.17. The predicted octanol–water partition coefficient (Wildman–Crippen LogP) is 1.86. The summed E-state index contributed by atoms with van der Waals surface area (Å²) in [5.41, 5.74) is 3.13. The third-order valence-electron chi connectivity index (χ3n) is 2.01. The molecule has 78 valence electrons. The fraction of sp³-hybridized carbons (Fsp3) is 0.273. The van der Waals surface area contributed by atoms with Crippen LogP contribution in [0.2, 0.25) is 0 Å². The number of aliphatic hydroxyl groups excluding tert-OH is 2. The summed E-state index contributed by atoms with van der Waals surface area (Å²) < 4.78 is 0. The molecule has 0 saturated carbocycles. The number of aliphatic hydroxyl groups is 2. The summed E-state index contributed by atoms with van der Waals surface area (Å²) in [5, 5.41) is 27.5. The number of benzene rings is 1. The van der Waals surface area contributed by atoms with E-state index in [0.29, 0.717) is 0 Å². The maximum atomic E-state index is 6.88. The van der Waals surface area contributed by atoms with Gasteiger partial charge >= 0.3 is 0 Å². The molecule has 4 heteroatoms. The minimum absolute atomic E-state index is 0.750. The lowest BCUT2D eigenvalue weighted by molar-refractivity contribution is 0.502. The summed E-state index contributed by atoms with van der Waals surface area (Å²) in [5.74, 6) is 0. The van der Waals surface area contributed by atoms with Gasteiger partial charge in [0.05, 0.1) is 0 Å². The van der Waals surface area contributed by atoms with Gasteiger partial charge in [0.15, 0.2) is 0 Å². The van der Waals surface area contributed by atoms with Crippen LogP contribution >= 0.6 is 0 Å². The Morgan fingerprint density at radius 2 is 1.27 bits per heavy atom. The van der Waals surface area contributed by atoms with Crippen molar-refractivity contribution in [2.24, 2.45) is 0 Å². The molecule has 1 aromatic rings. The van der Waals surface area contributed by atoms with Crippen LogP contribution in [0.4, 0.5) is 0 Å². The lowest BCUT2D eigenvalue weighted by atomic mass is 10.1. The van der Waals surface area contributed by atoms with Crippen molar-refractivity contribution in [3.8, 4) is 12.5 Å². The Balaban J connectivity index is 0.000000280. The largest absolute Gasteiger partial charge is 0.443 e. The van der Waals surface area contributed by atoms with E-state index < -0.39 is 0 Å². The fourth-order valence-corrected chi connectivity index (χ4v) is 1.51. The molecule has 0 unspecified atom stereocenters. The van der Waals surface area contributed by atoms with Crippen LogP contribution in [-0.4, -0.2) is 10.2 Å². The Kier molecular flexibility index (Phi) is 7.17. The van der Waals surface area contributed by atoms with Crippen molar-refractivity contribution in [2.45, 2.75) is 19.3 Å². The van der Waals surface area contributed by atoms with Gasteiger partial charge in [-0.2, -0.15) is 10.5 Å². The van der Waals surface area contributed by atoms with Gasteiger partial charge in [-0.05, 0) is 30.4 Å². The van der Waals surface area contributed by atoms with Crippen LogP contribution < -0.4 is 0 Å². The standard InChI is InChI=1S/C9H10.2CHNO/c1-2-5-9-7-3-6-8(9)4-1;2*2-1-3/h1-2,4-5H,3,6-7H2;2*3H. The summed E-state index contributed by atoms with van der Waals surface area (Å²) in [6.07, 6.45) is 5.46. The monoisotopic (exact) mass is 204 g/mol. The van der Waals surface area contributed by atoms with Gasteiger partial charge in [-0.1, -0.05) is 24.3 Å². The van der Waals surface area contributed by atoms with E-state index >= 15 is 0 Å². The number of rotatable bonds is 0. The van der Waals surface area contributed by atoms with E-state index in [1.165, 1.54) is 19.3 Å². The second-order valence-corrected chi connectivity index (χ2v) is 2.82. The maximum absolute atomic E-state index is 6.88. The van der Waals surface area contributed by atoms with Crippen LogP contribution in [0.15, 0.2) is 24.3 Å². The van der Waals surface area contributed by atoms with Gasteiger partial charge < -0.3 is 10.2 Å². The second kappa shape index (κ2) is 8.40. The van der Waals surface area contributed by atoms with E-state index in [1.807, 2.05) is 0 Å². The molecule has 1 aliphatic carbocycles. The summed E-state index contributed by atoms with van der Waals surface area (Å²) in [4.78, 5) is 0. The Morgan fingerprint density at radius 1 is 0.933 bits per heavy atom. The molecular formula is C11H12N2O2. The van der Waals surface area contributed by atoms with Gasteiger partial charge in [-0.15, -0.1) is 0 Å². The Morgan fingerprint density at radius 3 is 1.60 bits per heavy atom. The summed E-state index contributed by atoms with van der Waals surface area (Å²) in [6, 6.07) is 8.74. The predicted molar refractivity (Wildman–Crippen MR) is 53.6 cm³/mol. The van der Waals surface area contributed by atoms with Crippen LogP contribution in [0.5, 0.6) is 0 Å². The highest BCUT2D eigenvalue weighted by atomic mass is 16.2. The first-order valence-electron chi connectivity index (χ1n) is 4.43. The van der Waals surface area contributed by atoms with Crippen LogP contribution in [-0.2, 0) is 12.8 Å². The van der Waals surface area contributed by atoms with Crippen LogP contribution in [0, 0.1) is 23.0 Å². The normalized spacial score (nSPS) is 10.3. The molecule has 0 spiro atoms. The lowest BCUT2D eigenvalue weighted by Crippen LogP contribution is -1.77. The summed E-state index contributed by atoms with van der Waals surface area (Å²) in [7, 11) is 0. The first-order chi connectivity index (χ1) is 7.29. The van der Waals surface area contributed by atoms with E-state index in [2.05, 4.69) is 24.3 Å². The van der Waals surface area contributed by atoms with E-state index in [0.717, 1.165) is 12.5 Å². The molecule has 15 heavy (non-hydrogen) atoms. The molecule has 0 atom stereocenters. The third-order valence-corrected chi connectivity index (χ3v) is 2.01. The van der Waals surface area contributed by atoms with Crippen LogP contribution in [0.25, 0.3) is 0 Å². The van der Waals surface area contributed by atoms with Gasteiger partial charge in [-0.3, -0.25) is 0 Å². The zero-order valence-electron chi connectivity index (χ0n) is 8.22. The highest BCUT2D eigenvalue weighted by Crippen LogP contribution is 2.20. The molecule has 0 radical (unpaired) electrons. The molecule has 0 aromatic heterocycles. The zero-order valence-corrected chi connectivity index (χ0v) is 8.22. The van der Waals surface area contributed by atoms with Crippen molar-refractivity contribution in [2.75, 3.05) is 0 Å². The Bertz CT molecular complexity index is 329. The van der Waals surface area contributed by atoms with Gasteiger partial charge in [0.25, 0.3) is 12.5 Å². The number of hydrogen-bond acceptors (Lipinski definition) is 4. The molecule has 2 N–H and O–H groups in total. The quantitative estimate of drug-likeness (QED) is 0.631. The van der Waals surface area contributed by atoms with Crippen LogP contribution in [0.3, 0.4) is 0 Å². The lowest BCUT2D eigenvalue weighted by Gasteiger charge is -1.93. The number of aryl methyl sites for hydroxylation is 2. The maximum Gasteiger partial charge on any atom is 0.283 e. The van der Waals surface area contributed by atoms with Gasteiger partial charge in [0.2, 0.25) is 0 Å². The van der Waals surface area contributed by atoms with Gasteiger partial charge in [0, 0.05) is 0 Å². The first kappa shape index (κ1) is 12.8. The molecule has 0 bridgehead atoms. The van der Waals surface area contributed by atoms with Crippen molar-refractivity contribution in [1.29, 1.82) is 10.5 Å². The van der Waals surface area contributed by atoms with Crippen molar-refractivity contribution in [1.82, 2.24) is 0 Å². The van der Waals surface area contributed by atoms with E-state index in [4.69, 9.17) is 20.7 Å². The molecule has 0 aliphatic heterocycles. The molecule has 1 aromatic carbocycles. The molecule has 4 nitrogen and oxygen atoms in total. The van der Waals surface area contributed by atoms with Crippen LogP contribution in [0.1, 0.15) is 17.5 Å². The number of hydrogen-bond donors (Lipinski definition) is 2. The SMILES string of the molecule is N#CO.N#CO.c1ccc2c(c1)CCC2. The van der Waals surface area contributed by atoms with E-state index in [9.17, 15) is 0 Å². The number of nitriles is 2. The molecule has 1 aliphatic rings. The Hall–Kier alpha value is -2.20. The molecular weight excluding hydrogens is 192 g/mol. The van der Waals surface area contributed by atoms with Gasteiger partial charge in [0.1, 0.15) is 0 Å². The molecule has 0 fully saturated rings. The van der Waals surface area contributed by atoms with E-state index in [-0.39, 0.29) is 0 Å². The van der Waals surface area contributed by atoms with Crippen molar-refractivity contribution < 1.29 is 10.2 Å². The molecule has 0 amide bonds. The zero-order chi connectivity index (χ0) is 11.5. The first-order valence-corrected chi connectivity index (χ1v) is 4.43. The highest BCUT2D eigenvalue weighted by Gasteiger charge is 2.07. The summed E-state index contributed by atoms with van der Waals surface area (Å²) in [6.45, 7) is 0. The van der Waals surface area contributed by atoms with Crippen molar-refractivity contribution in [3.05, 3.63) is 35.4 Å². The Labute approximate surface area is 88.6 Å². The second-order valence-electron chi connectivity index (χ2n) is 2.82. The minimum atomic E-state index is 0.750. The minimum Gasteiger partial charge on any atom is -0.443 e. The smallest absolute Gasteiger partial charge is 0.283 e. The molecule has 2 rings (SSSR count). The average Bonchev–Trinajstić information content (AvgIpc) is 2.67. The number of nitrogens with zero attached hydrogens (tertiary/aromatic N) is 2. The highest BCUT2D eigenvalue weighted by molar-refractivity contribution is 5.30.